The van der Waals surface area contributed by atoms with Crippen LogP contribution in [0.15, 0.2) is 0 Å². The van der Waals surface area contributed by atoms with E-state index in [1.165, 1.54) is 38.5 Å². The van der Waals surface area contributed by atoms with Gasteiger partial charge in [0.15, 0.2) is 0 Å². The molecule has 2 saturated heterocycles. The quantitative estimate of drug-likeness (QED) is 0.323. The van der Waals surface area contributed by atoms with Gasteiger partial charge in [0.2, 0.25) is 11.8 Å². The zero-order valence-corrected chi connectivity index (χ0v) is 28.0. The molecule has 44 heavy (non-hydrogen) atoms. The molecule has 6 nitrogen and oxygen atoms in total. The van der Waals surface area contributed by atoms with Crippen molar-refractivity contribution in [3.63, 3.8) is 0 Å². The molecule has 0 aromatic carbocycles. The topological polar surface area (TPSA) is 92.3 Å². The van der Waals surface area contributed by atoms with Gasteiger partial charge < -0.3 is 10.6 Å². The van der Waals surface area contributed by atoms with Gasteiger partial charge in [0.1, 0.15) is 11.6 Å². The highest BCUT2D eigenvalue weighted by Gasteiger charge is 2.61. The van der Waals surface area contributed by atoms with Crippen LogP contribution in [-0.4, -0.2) is 36.5 Å². The molecule has 2 amide bonds. The molecule has 6 aliphatic carbocycles. The van der Waals surface area contributed by atoms with Crippen molar-refractivity contribution >= 4 is 23.4 Å². The third-order valence-corrected chi connectivity index (χ3v) is 16.4. The summed E-state index contributed by atoms with van der Waals surface area (Å²) in [5.74, 6) is 6.87. The van der Waals surface area contributed by atoms with Crippen LogP contribution in [0.25, 0.3) is 0 Å². The van der Waals surface area contributed by atoms with Gasteiger partial charge in [0.25, 0.3) is 0 Å². The van der Waals surface area contributed by atoms with Gasteiger partial charge in [-0.05, 0) is 135 Å². The van der Waals surface area contributed by atoms with Crippen LogP contribution in [0.5, 0.6) is 0 Å². The van der Waals surface area contributed by atoms with Crippen molar-refractivity contribution in [3.8, 4) is 0 Å². The van der Waals surface area contributed by atoms with Crippen LogP contribution in [-0.2, 0) is 19.2 Å². The minimum absolute atomic E-state index is 0.0246. The summed E-state index contributed by atoms with van der Waals surface area (Å²) in [6.45, 7) is 11.1. The highest BCUT2D eigenvalue weighted by molar-refractivity contribution is 5.87. The number of Topliss-reactive ketones (excluding diaryl/α,β-unsaturated/α-hetero) is 2. The minimum Gasteiger partial charge on any atom is -0.356 e. The standard InChI is InChI=1S/2C19H29NO2/c1-18-10-8-17(22)20-11-12(18)3-4-13-14-5-6-16(21)19(14,2)9-7-15(13)18;1-18-9-10-20-17(22)11-12(18)3-4-13-14-5-6-16(21)19(14,2)8-7-15(13)18/h2*12-15H,3-11H2,1-2H3,(H,20,22)/t2*12?,13-,14-,15-,18-,19-/m00/s1. The fourth-order valence-corrected chi connectivity index (χ4v) is 13.5. The van der Waals surface area contributed by atoms with E-state index in [1.807, 2.05) is 0 Å². The third-order valence-electron chi connectivity index (χ3n) is 16.4. The normalized spacial score (nSPS) is 51.4. The van der Waals surface area contributed by atoms with Crippen molar-refractivity contribution in [2.24, 2.45) is 69.0 Å². The second-order valence-electron chi connectivity index (χ2n) is 17.8. The van der Waals surface area contributed by atoms with E-state index in [-0.39, 0.29) is 22.6 Å². The van der Waals surface area contributed by atoms with E-state index in [1.54, 1.807) is 0 Å². The Kier molecular flexibility index (Phi) is 7.68. The van der Waals surface area contributed by atoms with E-state index in [4.69, 9.17) is 0 Å². The predicted octanol–water partition coefficient (Wildman–Crippen LogP) is 6.65. The summed E-state index contributed by atoms with van der Waals surface area (Å²) in [6, 6.07) is 0. The Morgan fingerprint density at radius 3 is 1.66 bits per heavy atom. The molecule has 12 atom stereocenters. The first-order valence-electron chi connectivity index (χ1n) is 18.5. The molecule has 8 fully saturated rings. The Bertz CT molecular complexity index is 1170. The Morgan fingerprint density at radius 2 is 1.07 bits per heavy atom. The van der Waals surface area contributed by atoms with Gasteiger partial charge in [-0.2, -0.15) is 0 Å². The second kappa shape index (κ2) is 10.9. The average Bonchev–Trinajstić information content (AvgIpc) is 3.34. The lowest BCUT2D eigenvalue weighted by molar-refractivity contribution is -0.137. The van der Waals surface area contributed by atoms with Crippen LogP contribution >= 0.6 is 0 Å². The fraction of sp³-hybridized carbons (Fsp3) is 0.895. The Morgan fingerprint density at radius 1 is 0.523 bits per heavy atom. The van der Waals surface area contributed by atoms with Crippen LogP contribution in [0.3, 0.4) is 0 Å². The summed E-state index contributed by atoms with van der Waals surface area (Å²) in [7, 11) is 0. The van der Waals surface area contributed by atoms with Crippen LogP contribution in [0.4, 0.5) is 0 Å². The average molecular weight is 607 g/mol. The molecule has 0 radical (unpaired) electrons. The number of carbonyl (C=O) groups is 4. The van der Waals surface area contributed by atoms with Gasteiger partial charge in [0.05, 0.1) is 0 Å². The molecule has 2 heterocycles. The van der Waals surface area contributed by atoms with Crippen molar-refractivity contribution in [2.75, 3.05) is 13.1 Å². The van der Waals surface area contributed by atoms with E-state index in [0.29, 0.717) is 52.5 Å². The molecule has 6 saturated carbocycles. The fourth-order valence-electron chi connectivity index (χ4n) is 13.5. The van der Waals surface area contributed by atoms with Crippen LogP contribution in [0, 0.1) is 69.0 Å². The van der Waals surface area contributed by atoms with Crippen molar-refractivity contribution < 1.29 is 19.2 Å². The maximum Gasteiger partial charge on any atom is 0.220 e. The van der Waals surface area contributed by atoms with Gasteiger partial charge in [0, 0.05) is 49.6 Å². The monoisotopic (exact) mass is 606 g/mol. The van der Waals surface area contributed by atoms with E-state index in [0.717, 1.165) is 94.5 Å². The summed E-state index contributed by atoms with van der Waals surface area (Å²) in [5.41, 5.74) is 0.552. The number of amides is 2. The smallest absolute Gasteiger partial charge is 0.220 e. The summed E-state index contributed by atoms with van der Waals surface area (Å²) in [6.07, 6.45) is 16.9. The van der Waals surface area contributed by atoms with Crippen molar-refractivity contribution in [2.45, 2.75) is 130 Å². The number of ketones is 2. The Labute approximate surface area is 265 Å². The van der Waals surface area contributed by atoms with Gasteiger partial charge in [-0.3, -0.25) is 19.2 Å². The molecule has 0 spiro atoms. The number of carbonyl (C=O) groups excluding carboxylic acids is 4. The molecule has 244 valence electrons. The van der Waals surface area contributed by atoms with Crippen molar-refractivity contribution in [1.29, 1.82) is 0 Å². The van der Waals surface area contributed by atoms with Crippen LogP contribution in [0.2, 0.25) is 0 Å². The number of nitrogens with one attached hydrogen (secondary N) is 2. The number of rotatable bonds is 0. The minimum atomic E-state index is -0.0246. The Balaban J connectivity index is 0.000000142. The van der Waals surface area contributed by atoms with E-state index < -0.39 is 0 Å². The second-order valence-corrected chi connectivity index (χ2v) is 17.8. The highest BCUT2D eigenvalue weighted by atomic mass is 16.2. The van der Waals surface area contributed by atoms with Gasteiger partial charge >= 0.3 is 0 Å². The predicted molar refractivity (Wildman–Crippen MR) is 170 cm³/mol. The van der Waals surface area contributed by atoms with Gasteiger partial charge in [-0.1, -0.05) is 27.7 Å². The summed E-state index contributed by atoms with van der Waals surface area (Å²) < 4.78 is 0. The summed E-state index contributed by atoms with van der Waals surface area (Å²) in [5, 5.41) is 6.22. The van der Waals surface area contributed by atoms with Gasteiger partial charge in [-0.15, -0.1) is 0 Å². The maximum absolute atomic E-state index is 12.4. The number of hydrogen-bond acceptors (Lipinski definition) is 4. The lowest BCUT2D eigenvalue weighted by Crippen LogP contribution is -2.52. The maximum atomic E-state index is 12.4. The van der Waals surface area contributed by atoms with Crippen molar-refractivity contribution in [1.82, 2.24) is 10.6 Å². The molecule has 0 aromatic rings. The lowest BCUT2D eigenvalue weighted by Gasteiger charge is -2.57. The molecule has 2 unspecified atom stereocenters. The van der Waals surface area contributed by atoms with Gasteiger partial charge in [-0.25, -0.2) is 0 Å². The first-order valence-corrected chi connectivity index (χ1v) is 18.5. The van der Waals surface area contributed by atoms with Crippen LogP contribution < -0.4 is 10.6 Å². The zero-order valence-electron chi connectivity index (χ0n) is 28.0. The zero-order chi connectivity index (χ0) is 31.1. The Hall–Kier alpha value is -1.72. The number of hydrogen-bond donors (Lipinski definition) is 2. The van der Waals surface area contributed by atoms with E-state index in [2.05, 4.69) is 38.3 Å². The largest absolute Gasteiger partial charge is 0.356 e. The highest BCUT2D eigenvalue weighted by Crippen LogP contribution is 2.65. The van der Waals surface area contributed by atoms with Crippen molar-refractivity contribution in [3.05, 3.63) is 0 Å². The molecular weight excluding hydrogens is 548 g/mol. The van der Waals surface area contributed by atoms with Crippen LogP contribution in [0.1, 0.15) is 130 Å². The first kappa shape index (κ1) is 30.9. The SMILES string of the molecule is C[C@]12CCC(=O)NCC1CC[C@@H]1[C@@H]2CC[C@]2(C)C(=O)CC[C@@H]12.C[C@]12CCNC(=O)CC1CC[C@@H]1[C@@H]2CC[C@]2(C)C(=O)CC[C@@H]12. The molecule has 8 aliphatic rings. The summed E-state index contributed by atoms with van der Waals surface area (Å²) in [4.78, 5) is 48.6. The molecule has 0 bridgehead atoms. The molecule has 8 rings (SSSR count). The molecule has 6 heteroatoms. The molecule has 2 N–H and O–H groups in total. The number of fused-ring (bicyclic) bond motifs is 10. The third kappa shape index (κ3) is 4.60. The lowest BCUT2D eigenvalue weighted by atomic mass is 9.47. The first-order chi connectivity index (χ1) is 20.9. The summed E-state index contributed by atoms with van der Waals surface area (Å²) >= 11 is 0. The molecular formula is C38H58N2O4. The van der Waals surface area contributed by atoms with E-state index in [9.17, 15) is 19.2 Å². The molecule has 2 aliphatic heterocycles. The van der Waals surface area contributed by atoms with E-state index >= 15 is 0 Å². The molecule has 0 aromatic heterocycles.